The predicted octanol–water partition coefficient (Wildman–Crippen LogP) is 5.25. The van der Waals surface area contributed by atoms with Crippen LogP contribution in [0.1, 0.15) is 65.7 Å². The first kappa shape index (κ1) is 14.3. The second-order valence-electron chi connectivity index (χ2n) is 4.85. The SMILES string of the molecule is CCCCCCCC(CCl)CC(C)C. The Hall–Kier alpha value is 0.290. The third kappa shape index (κ3) is 8.87. The second-order valence-corrected chi connectivity index (χ2v) is 5.16. The summed E-state index contributed by atoms with van der Waals surface area (Å²) in [7, 11) is 0. The van der Waals surface area contributed by atoms with Crippen LogP contribution in [-0.2, 0) is 0 Å². The summed E-state index contributed by atoms with van der Waals surface area (Å²) in [5.41, 5.74) is 0. The van der Waals surface area contributed by atoms with Crippen LogP contribution in [0.3, 0.4) is 0 Å². The summed E-state index contributed by atoms with van der Waals surface area (Å²) in [6.45, 7) is 6.84. The Morgan fingerprint density at radius 2 is 1.64 bits per heavy atom. The van der Waals surface area contributed by atoms with E-state index in [9.17, 15) is 0 Å². The van der Waals surface area contributed by atoms with Gasteiger partial charge in [0.05, 0.1) is 0 Å². The Labute approximate surface area is 95.4 Å². The van der Waals surface area contributed by atoms with Gasteiger partial charge in [-0.05, 0) is 24.7 Å². The van der Waals surface area contributed by atoms with Crippen LogP contribution >= 0.6 is 11.6 Å². The molecule has 0 saturated heterocycles. The van der Waals surface area contributed by atoms with Crippen molar-refractivity contribution < 1.29 is 0 Å². The zero-order valence-electron chi connectivity index (χ0n) is 10.2. The molecule has 0 aliphatic heterocycles. The molecule has 0 aromatic rings. The van der Waals surface area contributed by atoms with E-state index in [1.54, 1.807) is 0 Å². The van der Waals surface area contributed by atoms with Crippen molar-refractivity contribution in [2.24, 2.45) is 11.8 Å². The second kappa shape index (κ2) is 9.83. The topological polar surface area (TPSA) is 0 Å². The molecule has 0 aliphatic rings. The molecule has 0 aromatic carbocycles. The first-order valence-electron chi connectivity index (χ1n) is 6.26. The van der Waals surface area contributed by atoms with E-state index in [0.29, 0.717) is 0 Å². The molecule has 14 heavy (non-hydrogen) atoms. The van der Waals surface area contributed by atoms with E-state index < -0.39 is 0 Å². The van der Waals surface area contributed by atoms with Crippen LogP contribution in [0.15, 0.2) is 0 Å². The van der Waals surface area contributed by atoms with Crippen LogP contribution in [0.5, 0.6) is 0 Å². The molecule has 0 radical (unpaired) electrons. The standard InChI is InChI=1S/C13H27Cl/c1-4-5-6-7-8-9-13(11-14)10-12(2)3/h12-13H,4-11H2,1-3H3. The average Bonchev–Trinajstić information content (AvgIpc) is 2.15. The number of alkyl halides is 1. The van der Waals surface area contributed by atoms with Gasteiger partial charge in [-0.2, -0.15) is 0 Å². The van der Waals surface area contributed by atoms with E-state index >= 15 is 0 Å². The molecule has 0 rings (SSSR count). The maximum absolute atomic E-state index is 5.95. The van der Waals surface area contributed by atoms with Gasteiger partial charge < -0.3 is 0 Å². The van der Waals surface area contributed by atoms with Crippen molar-refractivity contribution in [3.63, 3.8) is 0 Å². The summed E-state index contributed by atoms with van der Waals surface area (Å²) in [4.78, 5) is 0. The Kier molecular flexibility index (Phi) is 10.0. The molecule has 0 aliphatic carbocycles. The molecule has 0 bridgehead atoms. The number of rotatable bonds is 9. The van der Waals surface area contributed by atoms with Gasteiger partial charge in [-0.25, -0.2) is 0 Å². The number of hydrogen-bond donors (Lipinski definition) is 0. The van der Waals surface area contributed by atoms with Crippen LogP contribution in [0.25, 0.3) is 0 Å². The molecule has 0 fully saturated rings. The third-order valence-electron chi connectivity index (χ3n) is 2.74. The molecular formula is C13H27Cl. The van der Waals surface area contributed by atoms with E-state index in [2.05, 4.69) is 20.8 Å². The van der Waals surface area contributed by atoms with Gasteiger partial charge in [-0.15, -0.1) is 11.6 Å². The molecule has 0 heterocycles. The predicted molar refractivity (Wildman–Crippen MR) is 67.0 cm³/mol. The molecule has 1 unspecified atom stereocenters. The molecule has 0 nitrogen and oxygen atoms in total. The minimum atomic E-state index is 0.762. The highest BCUT2D eigenvalue weighted by molar-refractivity contribution is 6.18. The zero-order chi connectivity index (χ0) is 10.8. The van der Waals surface area contributed by atoms with Crippen molar-refractivity contribution in [2.45, 2.75) is 65.7 Å². The Morgan fingerprint density at radius 3 is 2.14 bits per heavy atom. The lowest BCUT2D eigenvalue weighted by Gasteiger charge is -2.15. The molecular weight excluding hydrogens is 192 g/mol. The fourth-order valence-corrected chi connectivity index (χ4v) is 2.24. The maximum atomic E-state index is 5.95. The minimum absolute atomic E-state index is 0.762. The van der Waals surface area contributed by atoms with E-state index in [4.69, 9.17) is 11.6 Å². The van der Waals surface area contributed by atoms with E-state index in [-0.39, 0.29) is 0 Å². The van der Waals surface area contributed by atoms with Crippen molar-refractivity contribution in [1.29, 1.82) is 0 Å². The molecule has 0 amide bonds. The molecule has 86 valence electrons. The van der Waals surface area contributed by atoms with Crippen LogP contribution in [0.2, 0.25) is 0 Å². The fourth-order valence-electron chi connectivity index (χ4n) is 1.96. The van der Waals surface area contributed by atoms with Crippen LogP contribution in [-0.4, -0.2) is 5.88 Å². The summed E-state index contributed by atoms with van der Waals surface area (Å²) >= 11 is 5.95. The highest BCUT2D eigenvalue weighted by atomic mass is 35.5. The number of halogens is 1. The van der Waals surface area contributed by atoms with Gasteiger partial charge in [0.15, 0.2) is 0 Å². The van der Waals surface area contributed by atoms with Gasteiger partial charge in [0.2, 0.25) is 0 Å². The summed E-state index contributed by atoms with van der Waals surface area (Å²) in [5, 5.41) is 0. The van der Waals surface area contributed by atoms with E-state index in [1.165, 1.54) is 44.9 Å². The highest BCUT2D eigenvalue weighted by Crippen LogP contribution is 2.20. The van der Waals surface area contributed by atoms with E-state index in [0.717, 1.165) is 17.7 Å². The molecule has 0 spiro atoms. The first-order valence-corrected chi connectivity index (χ1v) is 6.80. The van der Waals surface area contributed by atoms with Gasteiger partial charge in [0, 0.05) is 5.88 Å². The Morgan fingerprint density at radius 1 is 1.00 bits per heavy atom. The number of unbranched alkanes of at least 4 members (excludes halogenated alkanes) is 4. The summed E-state index contributed by atoms with van der Waals surface area (Å²) in [5.74, 6) is 2.42. The first-order chi connectivity index (χ1) is 6.70. The summed E-state index contributed by atoms with van der Waals surface area (Å²) in [6, 6.07) is 0. The minimum Gasteiger partial charge on any atom is -0.126 e. The Balaban J connectivity index is 3.33. The van der Waals surface area contributed by atoms with Crippen LogP contribution < -0.4 is 0 Å². The molecule has 1 atom stereocenters. The normalized spacial score (nSPS) is 13.5. The average molecular weight is 219 g/mol. The lowest BCUT2D eigenvalue weighted by molar-refractivity contribution is 0.402. The molecule has 1 heteroatoms. The van der Waals surface area contributed by atoms with Gasteiger partial charge in [0.25, 0.3) is 0 Å². The molecule has 0 N–H and O–H groups in total. The van der Waals surface area contributed by atoms with Crippen molar-refractivity contribution in [2.75, 3.05) is 5.88 Å². The lowest BCUT2D eigenvalue weighted by Crippen LogP contribution is -2.06. The van der Waals surface area contributed by atoms with Gasteiger partial charge >= 0.3 is 0 Å². The lowest BCUT2D eigenvalue weighted by atomic mass is 9.93. The van der Waals surface area contributed by atoms with Gasteiger partial charge in [0.1, 0.15) is 0 Å². The number of hydrogen-bond acceptors (Lipinski definition) is 0. The molecule has 0 aromatic heterocycles. The maximum Gasteiger partial charge on any atom is 0.0251 e. The summed E-state index contributed by atoms with van der Waals surface area (Å²) in [6.07, 6.45) is 9.57. The van der Waals surface area contributed by atoms with Crippen molar-refractivity contribution in [1.82, 2.24) is 0 Å². The van der Waals surface area contributed by atoms with Gasteiger partial charge in [-0.1, -0.05) is 52.9 Å². The largest absolute Gasteiger partial charge is 0.126 e. The van der Waals surface area contributed by atoms with Crippen molar-refractivity contribution in [3.05, 3.63) is 0 Å². The van der Waals surface area contributed by atoms with Crippen molar-refractivity contribution >= 4 is 11.6 Å². The third-order valence-corrected chi connectivity index (χ3v) is 3.18. The van der Waals surface area contributed by atoms with Crippen molar-refractivity contribution in [3.8, 4) is 0 Å². The fraction of sp³-hybridized carbons (Fsp3) is 1.00. The highest BCUT2D eigenvalue weighted by Gasteiger charge is 2.08. The quantitative estimate of drug-likeness (QED) is 0.366. The Bertz CT molecular complexity index is 110. The van der Waals surface area contributed by atoms with Crippen LogP contribution in [0.4, 0.5) is 0 Å². The zero-order valence-corrected chi connectivity index (χ0v) is 10.9. The van der Waals surface area contributed by atoms with Crippen LogP contribution in [0, 0.1) is 11.8 Å². The smallest absolute Gasteiger partial charge is 0.0251 e. The summed E-state index contributed by atoms with van der Waals surface area (Å²) < 4.78 is 0. The van der Waals surface area contributed by atoms with Gasteiger partial charge in [-0.3, -0.25) is 0 Å². The molecule has 0 saturated carbocycles. The monoisotopic (exact) mass is 218 g/mol. The van der Waals surface area contributed by atoms with E-state index in [1.807, 2.05) is 0 Å².